The Kier molecular flexibility index (Phi) is 3.56. The molecule has 6 aromatic rings. The highest BCUT2D eigenvalue weighted by Crippen LogP contribution is 2.65. The molecule has 0 amide bonds. The largest absolute Gasteiger partial charge is 0.0726 e. The lowest BCUT2D eigenvalue weighted by atomic mass is 9.70. The summed E-state index contributed by atoms with van der Waals surface area (Å²) in [4.78, 5) is 0. The molecule has 1 heteroatoms. The monoisotopic (exact) mass is 494 g/mol. The van der Waals surface area contributed by atoms with Crippen molar-refractivity contribution in [2.24, 2.45) is 0 Å². The van der Waals surface area contributed by atoms with E-state index in [2.05, 4.69) is 131 Å². The van der Waals surface area contributed by atoms with Crippen LogP contribution in [0.4, 0.5) is 0 Å². The van der Waals surface area contributed by atoms with Crippen LogP contribution < -0.4 is 0 Å². The summed E-state index contributed by atoms with van der Waals surface area (Å²) in [6.45, 7) is 0. The van der Waals surface area contributed by atoms with Crippen molar-refractivity contribution in [2.45, 2.75) is 5.41 Å². The number of fused-ring (bicyclic) bond motifs is 14. The third kappa shape index (κ3) is 2.06. The molecule has 6 aromatic carbocycles. The smallest absolute Gasteiger partial charge is 0.0619 e. The molecule has 158 valence electrons. The SMILES string of the molecule is Brc1cc2c(c3ccccc13)-c1c(ccc3ccccc13)C21c2ccccc2-c2ccccc21. The Hall–Kier alpha value is -3.68. The normalized spacial score (nSPS) is 14.3. The first kappa shape index (κ1) is 18.7. The van der Waals surface area contributed by atoms with Crippen molar-refractivity contribution in [3.63, 3.8) is 0 Å². The number of hydrogen-bond acceptors (Lipinski definition) is 0. The van der Waals surface area contributed by atoms with Crippen LogP contribution in [0.15, 0.2) is 120 Å². The lowest BCUT2D eigenvalue weighted by molar-refractivity contribution is 0.794. The fraction of sp³-hybridized carbons (Fsp3) is 0.0303. The van der Waals surface area contributed by atoms with Gasteiger partial charge < -0.3 is 0 Å². The van der Waals surface area contributed by atoms with Gasteiger partial charge in [-0.25, -0.2) is 0 Å². The molecule has 34 heavy (non-hydrogen) atoms. The van der Waals surface area contributed by atoms with E-state index in [1.807, 2.05) is 0 Å². The second-order valence-electron chi connectivity index (χ2n) is 9.38. The molecule has 8 rings (SSSR count). The van der Waals surface area contributed by atoms with Gasteiger partial charge in [0.15, 0.2) is 0 Å². The predicted molar refractivity (Wildman–Crippen MR) is 145 cm³/mol. The topological polar surface area (TPSA) is 0 Å². The fourth-order valence-corrected chi connectivity index (χ4v) is 7.28. The molecule has 0 saturated carbocycles. The number of rotatable bonds is 0. The van der Waals surface area contributed by atoms with E-state index >= 15 is 0 Å². The lowest BCUT2D eigenvalue weighted by Gasteiger charge is -2.30. The van der Waals surface area contributed by atoms with E-state index in [0.29, 0.717) is 0 Å². The first-order chi connectivity index (χ1) is 16.8. The Balaban J connectivity index is 1.69. The third-order valence-electron chi connectivity index (χ3n) is 7.93. The number of hydrogen-bond donors (Lipinski definition) is 0. The van der Waals surface area contributed by atoms with E-state index in [0.717, 1.165) is 4.47 Å². The summed E-state index contributed by atoms with van der Waals surface area (Å²) in [5.41, 5.74) is 10.6. The molecule has 0 radical (unpaired) electrons. The summed E-state index contributed by atoms with van der Waals surface area (Å²) in [6, 6.07) is 42.7. The van der Waals surface area contributed by atoms with E-state index in [9.17, 15) is 0 Å². The second kappa shape index (κ2) is 6.46. The molecule has 0 unspecified atom stereocenters. The highest BCUT2D eigenvalue weighted by atomic mass is 79.9. The van der Waals surface area contributed by atoms with E-state index in [-0.39, 0.29) is 5.41 Å². The standard InChI is InChI=1S/C33H19Br/c34-30-19-29-32(25-14-4-3-13-24(25)30)31-21-10-2-1-9-20(21)17-18-28(31)33(29)26-15-7-5-11-22(26)23-12-6-8-16-27(23)33/h1-19H. The van der Waals surface area contributed by atoms with Gasteiger partial charge in [0.2, 0.25) is 0 Å². The molecule has 0 atom stereocenters. The molecule has 0 heterocycles. The molecular weight excluding hydrogens is 476 g/mol. The van der Waals surface area contributed by atoms with Crippen molar-refractivity contribution in [2.75, 3.05) is 0 Å². The van der Waals surface area contributed by atoms with Gasteiger partial charge in [-0.1, -0.05) is 125 Å². The number of halogens is 1. The second-order valence-corrected chi connectivity index (χ2v) is 10.2. The molecule has 0 N–H and O–H groups in total. The summed E-state index contributed by atoms with van der Waals surface area (Å²) in [7, 11) is 0. The molecule has 2 aliphatic rings. The lowest BCUT2D eigenvalue weighted by Crippen LogP contribution is -2.25. The van der Waals surface area contributed by atoms with Gasteiger partial charge in [-0.05, 0) is 72.1 Å². The van der Waals surface area contributed by atoms with Crippen LogP contribution >= 0.6 is 15.9 Å². The Labute approximate surface area is 206 Å². The highest BCUT2D eigenvalue weighted by molar-refractivity contribution is 9.10. The summed E-state index contributed by atoms with van der Waals surface area (Å²) < 4.78 is 1.15. The molecule has 0 aliphatic heterocycles. The maximum absolute atomic E-state index is 3.96. The van der Waals surface area contributed by atoms with Crippen molar-refractivity contribution in [3.05, 3.63) is 142 Å². The van der Waals surface area contributed by atoms with Crippen molar-refractivity contribution in [1.29, 1.82) is 0 Å². The van der Waals surface area contributed by atoms with Gasteiger partial charge in [-0.2, -0.15) is 0 Å². The van der Waals surface area contributed by atoms with E-state index in [1.54, 1.807) is 0 Å². The molecule has 2 aliphatic carbocycles. The quantitative estimate of drug-likeness (QED) is 0.197. The Bertz CT molecular complexity index is 1780. The zero-order chi connectivity index (χ0) is 22.4. The Morgan fingerprint density at radius 1 is 0.441 bits per heavy atom. The molecule has 0 nitrogen and oxygen atoms in total. The third-order valence-corrected chi connectivity index (χ3v) is 8.59. The number of benzene rings is 6. The minimum Gasteiger partial charge on any atom is -0.0619 e. The fourth-order valence-electron chi connectivity index (χ4n) is 6.71. The van der Waals surface area contributed by atoms with Crippen LogP contribution in [0.2, 0.25) is 0 Å². The molecule has 0 bridgehead atoms. The van der Waals surface area contributed by atoms with Crippen LogP contribution in [0.5, 0.6) is 0 Å². The van der Waals surface area contributed by atoms with Crippen LogP contribution in [-0.2, 0) is 5.41 Å². The van der Waals surface area contributed by atoms with E-state index < -0.39 is 0 Å². The van der Waals surface area contributed by atoms with Crippen LogP contribution in [0.3, 0.4) is 0 Å². The minimum atomic E-state index is -0.325. The minimum absolute atomic E-state index is 0.325. The zero-order valence-corrected chi connectivity index (χ0v) is 19.9. The Morgan fingerprint density at radius 3 is 1.74 bits per heavy atom. The van der Waals surface area contributed by atoms with Crippen molar-refractivity contribution in [1.82, 2.24) is 0 Å². The summed E-state index contributed by atoms with van der Waals surface area (Å²) in [5, 5.41) is 5.18. The van der Waals surface area contributed by atoms with Gasteiger partial charge >= 0.3 is 0 Å². The molecule has 0 aromatic heterocycles. The molecule has 0 saturated heterocycles. The van der Waals surface area contributed by atoms with Crippen molar-refractivity contribution < 1.29 is 0 Å². The van der Waals surface area contributed by atoms with Crippen molar-refractivity contribution in [3.8, 4) is 22.3 Å². The summed E-state index contributed by atoms with van der Waals surface area (Å²) >= 11 is 3.96. The molecule has 0 fully saturated rings. The maximum atomic E-state index is 3.96. The molecule has 1 spiro atoms. The molecular formula is C33H19Br. The van der Waals surface area contributed by atoms with Crippen LogP contribution in [0, 0.1) is 0 Å². The van der Waals surface area contributed by atoms with Crippen molar-refractivity contribution >= 4 is 37.5 Å². The van der Waals surface area contributed by atoms with Gasteiger partial charge in [0.1, 0.15) is 0 Å². The summed E-state index contributed by atoms with van der Waals surface area (Å²) in [6.07, 6.45) is 0. The first-order valence-corrected chi connectivity index (χ1v) is 12.5. The van der Waals surface area contributed by atoms with Crippen LogP contribution in [0.25, 0.3) is 43.8 Å². The summed E-state index contributed by atoms with van der Waals surface area (Å²) in [5.74, 6) is 0. The Morgan fingerprint density at radius 2 is 1.00 bits per heavy atom. The van der Waals surface area contributed by atoms with Crippen LogP contribution in [-0.4, -0.2) is 0 Å². The van der Waals surface area contributed by atoms with Gasteiger partial charge in [-0.15, -0.1) is 0 Å². The first-order valence-electron chi connectivity index (χ1n) is 11.7. The highest BCUT2D eigenvalue weighted by Gasteiger charge is 2.52. The average molecular weight is 495 g/mol. The maximum Gasteiger partial charge on any atom is 0.0726 e. The average Bonchev–Trinajstić information content (AvgIpc) is 3.36. The predicted octanol–water partition coefficient (Wildman–Crippen LogP) is 9.10. The van der Waals surface area contributed by atoms with Gasteiger partial charge in [0.05, 0.1) is 5.41 Å². The van der Waals surface area contributed by atoms with Gasteiger partial charge in [0.25, 0.3) is 0 Å². The van der Waals surface area contributed by atoms with E-state index in [4.69, 9.17) is 0 Å². The van der Waals surface area contributed by atoms with Gasteiger partial charge in [-0.3, -0.25) is 0 Å². The van der Waals surface area contributed by atoms with Crippen LogP contribution in [0.1, 0.15) is 22.3 Å². The van der Waals surface area contributed by atoms with E-state index in [1.165, 1.54) is 66.1 Å². The van der Waals surface area contributed by atoms with Gasteiger partial charge in [0, 0.05) is 4.47 Å². The zero-order valence-electron chi connectivity index (χ0n) is 18.3.